The van der Waals surface area contributed by atoms with E-state index >= 15 is 0 Å². The number of carbonyl (C=O) groups is 4. The maximum Gasteiger partial charge on any atom is 0.351 e. The smallest absolute Gasteiger partial charge is 0.351 e. The third kappa shape index (κ3) is 19.5. The van der Waals surface area contributed by atoms with E-state index in [-0.39, 0.29) is 5.48 Å². The molecule has 29 heavy (non-hydrogen) atoms. The predicted molar refractivity (Wildman–Crippen MR) is 92.5 cm³/mol. The van der Waals surface area contributed by atoms with Gasteiger partial charge in [0.15, 0.2) is 11.9 Å². The average Bonchev–Trinajstić information content (AvgIpc) is 2.56. The van der Waals surface area contributed by atoms with Crippen molar-refractivity contribution in [3.05, 3.63) is 36.4 Å². The number of nitrogen functional groups attached to an aromatic ring is 4. The summed E-state index contributed by atoms with van der Waals surface area (Å²) >= 11 is 0. The normalized spacial score (nSPS) is 8.00. The molecule has 0 saturated carbocycles. The number of rotatable bonds is 0. The molecular formula is C14H20N6O9. The highest BCUT2D eigenvalue weighted by Crippen LogP contribution is 1.92. The van der Waals surface area contributed by atoms with Crippen LogP contribution in [0.5, 0.6) is 0 Å². The molecule has 15 nitrogen and oxygen atoms in total. The molecule has 15 heteroatoms. The van der Waals surface area contributed by atoms with Gasteiger partial charge in [-0.25, -0.2) is 19.6 Å². The highest BCUT2D eigenvalue weighted by atomic mass is 16.4. The van der Waals surface area contributed by atoms with Gasteiger partial charge in [-0.3, -0.25) is 0 Å². The van der Waals surface area contributed by atoms with Crippen LogP contribution in [-0.4, -0.2) is 39.6 Å². The molecule has 0 amide bonds. The Labute approximate surface area is 162 Å². The van der Waals surface area contributed by atoms with Gasteiger partial charge in [-0.2, -0.15) is 0 Å². The number of anilines is 4. The fourth-order valence-electron chi connectivity index (χ4n) is 1.01. The largest absolute Gasteiger partial charge is 0.539 e. The summed E-state index contributed by atoms with van der Waals surface area (Å²) in [5.41, 5.74) is 21.3. The van der Waals surface area contributed by atoms with Gasteiger partial charge >= 0.3 is 11.9 Å². The van der Waals surface area contributed by atoms with Crippen LogP contribution in [-0.2, 0) is 19.2 Å². The predicted octanol–water partition coefficient (Wildman–Crippen LogP) is -5.85. The number of aromatic amines is 2. The van der Waals surface area contributed by atoms with Crippen molar-refractivity contribution in [2.75, 3.05) is 22.9 Å². The van der Waals surface area contributed by atoms with Crippen LogP contribution in [0, 0.1) is 0 Å². The molecule has 14 N–H and O–H groups in total. The van der Waals surface area contributed by atoms with Crippen LogP contribution < -0.4 is 43.1 Å². The van der Waals surface area contributed by atoms with Gasteiger partial charge in [0.25, 0.3) is 0 Å². The number of carbonyl (C=O) groups excluding carboxylic acids is 2. The summed E-state index contributed by atoms with van der Waals surface area (Å²) < 4.78 is 0. The zero-order chi connectivity index (χ0) is 22.3. The number of carboxylic acid groups (broad SMARTS) is 4. The number of nitrogens with two attached hydrogens (primary N) is 4. The second-order valence-corrected chi connectivity index (χ2v) is 4.31. The maximum atomic E-state index is 9.04. The first-order valence-electron chi connectivity index (χ1n) is 6.81. The number of carboxylic acids is 4. The molecule has 0 aromatic carbocycles. The number of hydrogen-bond acceptors (Lipinski definition) is 10. The molecular weight excluding hydrogens is 396 g/mol. The minimum absolute atomic E-state index is 0. The lowest BCUT2D eigenvalue weighted by Crippen LogP contribution is -2.30. The SMILES string of the molecule is Nc1cccc(N)[nH+]1.Nc1cccc(N)[nH+]1.O.O=C([O-])C(=O)O.O=C([O-])C(=O)O. The van der Waals surface area contributed by atoms with E-state index in [1.54, 1.807) is 36.4 Å². The molecule has 2 aromatic heterocycles. The van der Waals surface area contributed by atoms with Crippen LogP contribution in [0.25, 0.3) is 0 Å². The Hall–Kier alpha value is -4.66. The van der Waals surface area contributed by atoms with Gasteiger partial charge in [0.1, 0.15) is 0 Å². The summed E-state index contributed by atoms with van der Waals surface area (Å²) in [5.74, 6) is -5.67. The second kappa shape index (κ2) is 15.6. The average molecular weight is 416 g/mol. The highest BCUT2D eigenvalue weighted by molar-refractivity contribution is 6.26. The zero-order valence-electron chi connectivity index (χ0n) is 14.6. The van der Waals surface area contributed by atoms with Gasteiger partial charge < -0.3 is 58.4 Å². The van der Waals surface area contributed by atoms with Gasteiger partial charge in [-0.15, -0.1) is 0 Å². The first-order chi connectivity index (χ1) is 12.9. The third-order valence-corrected chi connectivity index (χ3v) is 2.03. The van der Waals surface area contributed by atoms with Crippen LogP contribution in [0.1, 0.15) is 0 Å². The van der Waals surface area contributed by atoms with Crippen LogP contribution >= 0.6 is 0 Å². The molecule has 0 unspecified atom stereocenters. The number of pyridine rings is 2. The lowest BCUT2D eigenvalue weighted by atomic mass is 10.4. The Morgan fingerprint density at radius 2 is 0.828 bits per heavy atom. The Kier molecular flexibility index (Phi) is 15.6. The molecule has 2 rings (SSSR count). The third-order valence-electron chi connectivity index (χ3n) is 2.03. The van der Waals surface area contributed by atoms with Crippen molar-refractivity contribution >= 4 is 47.1 Å². The van der Waals surface area contributed by atoms with Crippen molar-refractivity contribution in [3.63, 3.8) is 0 Å². The fourth-order valence-corrected chi connectivity index (χ4v) is 1.01. The number of nitrogens with one attached hydrogen (secondary N) is 2. The Balaban J connectivity index is -0.000000311. The first kappa shape index (κ1) is 29.1. The van der Waals surface area contributed by atoms with Crippen molar-refractivity contribution in [2.24, 2.45) is 0 Å². The summed E-state index contributed by atoms with van der Waals surface area (Å²) in [4.78, 5) is 41.5. The maximum absolute atomic E-state index is 9.04. The first-order valence-corrected chi connectivity index (χ1v) is 6.81. The minimum Gasteiger partial charge on any atom is -0.539 e. The van der Waals surface area contributed by atoms with Gasteiger partial charge in [-0.1, -0.05) is 0 Å². The van der Waals surface area contributed by atoms with Crippen molar-refractivity contribution in [1.29, 1.82) is 0 Å². The lowest BCUT2D eigenvalue weighted by Gasteiger charge is -1.85. The lowest BCUT2D eigenvalue weighted by molar-refractivity contribution is -0.343. The molecule has 0 aliphatic heterocycles. The molecule has 0 aliphatic rings. The van der Waals surface area contributed by atoms with E-state index in [0.29, 0.717) is 23.3 Å². The highest BCUT2D eigenvalue weighted by Gasteiger charge is 1.91. The van der Waals surface area contributed by atoms with E-state index in [4.69, 9.17) is 62.5 Å². The molecule has 160 valence electrons. The molecule has 0 fully saturated rings. The Morgan fingerprint density at radius 3 is 0.897 bits per heavy atom. The molecule has 2 heterocycles. The summed E-state index contributed by atoms with van der Waals surface area (Å²) in [7, 11) is 0. The summed E-state index contributed by atoms with van der Waals surface area (Å²) in [6.45, 7) is 0. The van der Waals surface area contributed by atoms with Gasteiger partial charge in [0, 0.05) is 24.3 Å². The van der Waals surface area contributed by atoms with E-state index in [9.17, 15) is 0 Å². The number of aliphatic carboxylic acids is 4. The van der Waals surface area contributed by atoms with E-state index < -0.39 is 23.9 Å². The van der Waals surface area contributed by atoms with Crippen LogP contribution in [0.15, 0.2) is 36.4 Å². The Morgan fingerprint density at radius 1 is 0.655 bits per heavy atom. The van der Waals surface area contributed by atoms with Crippen LogP contribution in [0.2, 0.25) is 0 Å². The molecule has 0 bridgehead atoms. The number of H-pyrrole nitrogens is 2. The monoisotopic (exact) mass is 416 g/mol. The van der Waals surface area contributed by atoms with Crippen molar-refractivity contribution in [1.82, 2.24) is 0 Å². The molecule has 0 spiro atoms. The zero-order valence-corrected chi connectivity index (χ0v) is 14.6. The van der Waals surface area contributed by atoms with Gasteiger partial charge in [0.2, 0.25) is 23.3 Å². The minimum atomic E-state index is -2.07. The summed E-state index contributed by atoms with van der Waals surface area (Å²) in [6.07, 6.45) is 0. The number of aromatic nitrogens is 2. The van der Waals surface area contributed by atoms with E-state index in [1.165, 1.54) is 0 Å². The summed E-state index contributed by atoms with van der Waals surface area (Å²) in [6, 6.07) is 10.6. The topological polar surface area (TPSA) is 319 Å². The summed E-state index contributed by atoms with van der Waals surface area (Å²) in [5, 5.41) is 32.6. The van der Waals surface area contributed by atoms with Crippen LogP contribution in [0.3, 0.4) is 0 Å². The Bertz CT molecular complexity index is 690. The molecule has 0 radical (unpaired) electrons. The molecule has 0 aliphatic carbocycles. The van der Waals surface area contributed by atoms with Gasteiger partial charge in [-0.05, 0) is 12.1 Å². The van der Waals surface area contributed by atoms with Gasteiger partial charge in [0.05, 0.1) is 0 Å². The molecule has 2 aromatic rings. The standard InChI is InChI=1S/2C5H7N3.2C2H2O4.H2O/c2*6-4-2-1-3-5(7)8-4;2*3-1(4)2(5)6;/h2*1-3H,(H4,6,7,8);2*(H,3,4)(H,5,6);1H2. The van der Waals surface area contributed by atoms with Crippen molar-refractivity contribution in [2.45, 2.75) is 0 Å². The van der Waals surface area contributed by atoms with E-state index in [1.807, 2.05) is 0 Å². The second-order valence-electron chi connectivity index (χ2n) is 4.31. The van der Waals surface area contributed by atoms with Crippen LogP contribution in [0.4, 0.5) is 23.3 Å². The quantitative estimate of drug-likeness (QED) is 0.219. The fraction of sp³-hybridized carbons (Fsp3) is 0. The van der Waals surface area contributed by atoms with E-state index in [2.05, 4.69) is 9.97 Å². The molecule has 0 saturated heterocycles. The van der Waals surface area contributed by atoms with Crippen molar-refractivity contribution < 1.29 is 55.0 Å². The number of hydrogen-bond donors (Lipinski definition) is 6. The molecule has 0 atom stereocenters. The van der Waals surface area contributed by atoms with Crippen molar-refractivity contribution in [3.8, 4) is 0 Å². The van der Waals surface area contributed by atoms with E-state index in [0.717, 1.165) is 0 Å².